The van der Waals surface area contributed by atoms with Crippen LogP contribution in [0.1, 0.15) is 10.6 Å². The summed E-state index contributed by atoms with van der Waals surface area (Å²) in [6, 6.07) is 6.00. The number of piperazine rings is 1. The number of hydrogen-bond acceptors (Lipinski definition) is 7. The Morgan fingerprint density at radius 2 is 2.03 bits per heavy atom. The van der Waals surface area contributed by atoms with Crippen LogP contribution in [0.15, 0.2) is 35.0 Å². The molecule has 2 amide bonds. The number of rotatable bonds is 4. The number of ether oxygens (including phenoxy) is 1. The molecule has 31 heavy (non-hydrogen) atoms. The molecule has 0 radical (unpaired) electrons. The summed E-state index contributed by atoms with van der Waals surface area (Å²) in [5.41, 5.74) is 0.721. The van der Waals surface area contributed by atoms with E-state index in [1.165, 1.54) is 35.2 Å². The summed E-state index contributed by atoms with van der Waals surface area (Å²) in [5, 5.41) is 12.5. The highest BCUT2D eigenvalue weighted by atomic mass is 32.1. The van der Waals surface area contributed by atoms with E-state index in [0.717, 1.165) is 0 Å². The minimum atomic E-state index is -0.761. The Bertz CT molecular complexity index is 996. The van der Waals surface area contributed by atoms with Crippen molar-refractivity contribution in [2.45, 2.75) is 6.23 Å². The summed E-state index contributed by atoms with van der Waals surface area (Å²) >= 11 is 4.68. The quantitative estimate of drug-likeness (QED) is 0.701. The average Bonchev–Trinajstić information content (AvgIpc) is 3.43. The molecule has 1 aromatic heterocycles. The van der Waals surface area contributed by atoms with Crippen LogP contribution in [0, 0.1) is 5.82 Å². The molecule has 2 saturated heterocycles. The van der Waals surface area contributed by atoms with Gasteiger partial charge in [0.1, 0.15) is 5.82 Å². The Hall–Kier alpha value is -3.41. The van der Waals surface area contributed by atoms with E-state index in [4.69, 9.17) is 9.26 Å². The minimum absolute atomic E-state index is 0.0945. The van der Waals surface area contributed by atoms with Gasteiger partial charge in [0, 0.05) is 39.3 Å². The van der Waals surface area contributed by atoms with Crippen molar-refractivity contribution in [3.05, 3.63) is 42.0 Å². The number of benzene rings is 1. The molecule has 2 aromatic rings. The zero-order chi connectivity index (χ0) is 22.1. The molecule has 1 unspecified atom stereocenters. The molecule has 2 aliphatic rings. The molecule has 0 aliphatic carbocycles. The number of carbonyl (C=O) groups is 2. The summed E-state index contributed by atoms with van der Waals surface area (Å²) in [6.07, 6.45) is -0.00279. The molecule has 1 N–H and O–H groups in total. The highest BCUT2D eigenvalue weighted by Gasteiger charge is 2.36. The second-order valence-electron chi connectivity index (χ2n) is 7.13. The fourth-order valence-corrected chi connectivity index (χ4v) is 3.65. The molecule has 0 saturated carbocycles. The van der Waals surface area contributed by atoms with Gasteiger partial charge in [0.2, 0.25) is 5.76 Å². The lowest BCUT2D eigenvalue weighted by Gasteiger charge is -2.35. The maximum Gasteiger partial charge on any atom is 0.416 e. The molecule has 2 aliphatic heterocycles. The van der Waals surface area contributed by atoms with Crippen molar-refractivity contribution in [3.63, 3.8) is 0 Å². The largest absolute Gasteiger partial charge is 0.486 e. The summed E-state index contributed by atoms with van der Waals surface area (Å²) < 4.78 is 25.0. The van der Waals surface area contributed by atoms with Crippen LogP contribution >= 0.6 is 12.2 Å². The summed E-state index contributed by atoms with van der Waals surface area (Å²) in [4.78, 5) is 30.5. The number of nitrogens with zero attached hydrogens (tertiary/aromatic N) is 5. The Kier molecular flexibility index (Phi) is 5.63. The second-order valence-corrected chi connectivity index (χ2v) is 7.50. The SMILES string of the molecule is CN(C(O)=S)C1CN(c2ccc(N3CCN(C(=O)c4ccno4)CC3)c(F)c2)C(=O)O1. The fraction of sp³-hybridized carbons (Fsp3) is 0.368. The molecule has 4 rings (SSSR count). The van der Waals surface area contributed by atoms with Crippen molar-refractivity contribution < 1.29 is 28.3 Å². The predicted molar refractivity (Wildman–Crippen MR) is 112 cm³/mol. The number of aliphatic hydroxyl groups excluding tert-OH is 1. The third kappa shape index (κ3) is 4.10. The van der Waals surface area contributed by atoms with E-state index in [1.807, 2.05) is 4.90 Å². The van der Waals surface area contributed by atoms with Crippen LogP contribution in [0.25, 0.3) is 0 Å². The molecule has 2 fully saturated rings. The minimum Gasteiger partial charge on any atom is -0.486 e. The molecule has 1 atom stereocenters. The Labute approximate surface area is 182 Å². The lowest BCUT2D eigenvalue weighted by Crippen LogP contribution is -2.49. The van der Waals surface area contributed by atoms with Gasteiger partial charge in [-0.3, -0.25) is 14.6 Å². The number of halogens is 1. The summed E-state index contributed by atoms with van der Waals surface area (Å²) in [6.45, 7) is 1.81. The molecule has 164 valence electrons. The lowest BCUT2D eigenvalue weighted by molar-refractivity contribution is 0.0699. The first-order valence-electron chi connectivity index (χ1n) is 9.53. The molecule has 12 heteroatoms. The normalized spacial score (nSPS) is 18.8. The standard InChI is InChI=1S/C19H20FN5O5S/c1-22(19(28)31)16-11-25(18(27)29-16)12-2-3-14(13(20)10-12)23-6-8-24(9-7-23)17(26)15-4-5-21-30-15/h2-5,10,16H,6-9,11H2,1H3,(H,28,31). The van der Waals surface area contributed by atoms with Gasteiger partial charge in [0.25, 0.3) is 11.1 Å². The molecule has 0 spiro atoms. The van der Waals surface area contributed by atoms with Crippen LogP contribution in [-0.2, 0) is 4.74 Å². The smallest absolute Gasteiger partial charge is 0.416 e. The van der Waals surface area contributed by atoms with Gasteiger partial charge >= 0.3 is 6.09 Å². The number of anilines is 2. The van der Waals surface area contributed by atoms with Crippen LogP contribution in [0.3, 0.4) is 0 Å². The molecular weight excluding hydrogens is 429 g/mol. The van der Waals surface area contributed by atoms with Crippen molar-refractivity contribution in [2.24, 2.45) is 0 Å². The molecular formula is C19H20FN5O5S. The van der Waals surface area contributed by atoms with E-state index in [1.54, 1.807) is 17.0 Å². The van der Waals surface area contributed by atoms with Gasteiger partial charge in [-0.05, 0) is 30.4 Å². The van der Waals surface area contributed by atoms with E-state index in [-0.39, 0.29) is 18.2 Å². The third-order valence-corrected chi connectivity index (χ3v) is 5.62. The highest BCUT2D eigenvalue weighted by Crippen LogP contribution is 2.29. The zero-order valence-electron chi connectivity index (χ0n) is 16.6. The first kappa shape index (κ1) is 20.8. The summed E-state index contributed by atoms with van der Waals surface area (Å²) in [5.74, 6) is -0.565. The number of carbonyl (C=O) groups excluding carboxylic acids is 2. The zero-order valence-corrected chi connectivity index (χ0v) is 17.4. The molecule has 10 nitrogen and oxygen atoms in total. The lowest BCUT2D eigenvalue weighted by atomic mass is 10.2. The molecule has 1 aromatic carbocycles. The van der Waals surface area contributed by atoms with E-state index in [2.05, 4.69) is 17.4 Å². The van der Waals surface area contributed by atoms with Crippen LogP contribution in [0.5, 0.6) is 0 Å². The van der Waals surface area contributed by atoms with Crippen molar-refractivity contribution in [2.75, 3.05) is 49.6 Å². The number of aliphatic hydroxyl groups is 1. The maximum atomic E-state index is 14.9. The number of cyclic esters (lactones) is 1. The molecule has 0 bridgehead atoms. The van der Waals surface area contributed by atoms with Crippen molar-refractivity contribution >= 4 is 40.8 Å². The van der Waals surface area contributed by atoms with Gasteiger partial charge in [-0.15, -0.1) is 0 Å². The van der Waals surface area contributed by atoms with Crippen LogP contribution < -0.4 is 9.80 Å². The van der Waals surface area contributed by atoms with Gasteiger partial charge in [0.15, 0.2) is 6.23 Å². The number of aromatic nitrogens is 1. The monoisotopic (exact) mass is 449 g/mol. The molecule has 3 heterocycles. The van der Waals surface area contributed by atoms with Gasteiger partial charge in [-0.1, -0.05) is 5.16 Å². The average molecular weight is 449 g/mol. The van der Waals surface area contributed by atoms with Crippen LogP contribution in [-0.4, -0.2) is 83.2 Å². The number of likely N-dealkylation sites (N-methyl/N-ethyl adjacent to an activating group) is 1. The van der Waals surface area contributed by atoms with E-state index in [9.17, 15) is 19.1 Å². The van der Waals surface area contributed by atoms with Crippen LogP contribution in [0.4, 0.5) is 20.6 Å². The van der Waals surface area contributed by atoms with E-state index >= 15 is 0 Å². The first-order chi connectivity index (χ1) is 14.8. The Morgan fingerprint density at radius 1 is 1.29 bits per heavy atom. The van der Waals surface area contributed by atoms with Gasteiger partial charge < -0.3 is 24.2 Å². The van der Waals surface area contributed by atoms with Gasteiger partial charge in [-0.25, -0.2) is 9.18 Å². The van der Waals surface area contributed by atoms with Crippen molar-refractivity contribution in [3.8, 4) is 0 Å². The topological polar surface area (TPSA) is 103 Å². The van der Waals surface area contributed by atoms with Gasteiger partial charge in [-0.2, -0.15) is 0 Å². The van der Waals surface area contributed by atoms with Crippen molar-refractivity contribution in [1.82, 2.24) is 15.0 Å². The second kappa shape index (κ2) is 8.38. The Balaban J connectivity index is 1.41. The highest BCUT2D eigenvalue weighted by molar-refractivity contribution is 7.79. The fourth-order valence-electron chi connectivity index (χ4n) is 3.54. The Morgan fingerprint density at radius 3 is 2.65 bits per heavy atom. The van der Waals surface area contributed by atoms with E-state index < -0.39 is 23.3 Å². The number of amides is 2. The van der Waals surface area contributed by atoms with E-state index in [0.29, 0.717) is 37.6 Å². The van der Waals surface area contributed by atoms with Gasteiger partial charge in [0.05, 0.1) is 24.1 Å². The van der Waals surface area contributed by atoms with Crippen molar-refractivity contribution in [1.29, 1.82) is 0 Å². The number of thiocarbonyl (C=S) groups is 1. The number of hydrogen-bond donors (Lipinski definition) is 1. The maximum absolute atomic E-state index is 14.9. The first-order valence-corrected chi connectivity index (χ1v) is 9.94. The van der Waals surface area contributed by atoms with Crippen LogP contribution in [0.2, 0.25) is 0 Å². The predicted octanol–water partition coefficient (Wildman–Crippen LogP) is 1.83. The third-order valence-electron chi connectivity index (χ3n) is 5.33. The summed E-state index contributed by atoms with van der Waals surface area (Å²) in [7, 11) is 1.50.